The van der Waals surface area contributed by atoms with Crippen molar-refractivity contribution < 1.29 is 23.7 Å². The number of carbonyl (C=O) groups excluding carboxylic acids is 1. The van der Waals surface area contributed by atoms with Crippen LogP contribution in [-0.4, -0.2) is 33.5 Å². The smallest absolute Gasteiger partial charge is 0.307 e. The molecule has 20 heavy (non-hydrogen) atoms. The number of nitrogens with one attached hydrogen (secondary N) is 1. The summed E-state index contributed by atoms with van der Waals surface area (Å²) in [5, 5.41) is 3.25. The van der Waals surface area contributed by atoms with Gasteiger partial charge in [-0.2, -0.15) is 0 Å². The summed E-state index contributed by atoms with van der Waals surface area (Å²) >= 11 is 0. The molecule has 6 heteroatoms. The molecule has 1 aliphatic rings. The number of fused-ring (bicyclic) bond motifs is 1. The summed E-state index contributed by atoms with van der Waals surface area (Å²) in [4.78, 5) is 11.5. The van der Waals surface area contributed by atoms with Crippen LogP contribution in [0.25, 0.3) is 0 Å². The Morgan fingerprint density at radius 2 is 2.20 bits per heavy atom. The van der Waals surface area contributed by atoms with Crippen molar-refractivity contribution in [2.45, 2.75) is 19.4 Å². The summed E-state index contributed by atoms with van der Waals surface area (Å²) in [6.07, 6.45) is 0.243. The molecular weight excluding hydrogens is 262 g/mol. The van der Waals surface area contributed by atoms with Gasteiger partial charge in [-0.1, -0.05) is 6.92 Å². The number of esters is 1. The second kappa shape index (κ2) is 6.47. The van der Waals surface area contributed by atoms with Crippen molar-refractivity contribution in [3.05, 3.63) is 17.7 Å². The molecule has 0 fully saturated rings. The Morgan fingerprint density at radius 3 is 2.85 bits per heavy atom. The molecule has 0 spiro atoms. The van der Waals surface area contributed by atoms with Crippen LogP contribution in [0.5, 0.6) is 17.2 Å². The molecule has 0 amide bonds. The maximum Gasteiger partial charge on any atom is 0.307 e. The van der Waals surface area contributed by atoms with E-state index in [1.165, 1.54) is 7.11 Å². The van der Waals surface area contributed by atoms with Crippen molar-refractivity contribution in [3.63, 3.8) is 0 Å². The third kappa shape index (κ3) is 2.96. The maximum atomic E-state index is 11.5. The monoisotopic (exact) mass is 281 g/mol. The summed E-state index contributed by atoms with van der Waals surface area (Å²) < 4.78 is 20.8. The van der Waals surface area contributed by atoms with Gasteiger partial charge in [-0.05, 0) is 24.2 Å². The van der Waals surface area contributed by atoms with Gasteiger partial charge in [-0.15, -0.1) is 0 Å². The highest BCUT2D eigenvalue weighted by molar-refractivity contribution is 5.70. The fraction of sp³-hybridized carbons (Fsp3) is 0.500. The molecule has 0 saturated carbocycles. The normalized spacial score (nSPS) is 13.9. The van der Waals surface area contributed by atoms with Crippen LogP contribution in [0.15, 0.2) is 12.1 Å². The summed E-state index contributed by atoms with van der Waals surface area (Å²) in [5.74, 6) is 1.56. The van der Waals surface area contributed by atoms with Gasteiger partial charge in [-0.3, -0.25) is 4.79 Å². The number of hydrogen-bond donors (Lipinski definition) is 1. The molecule has 6 nitrogen and oxygen atoms in total. The van der Waals surface area contributed by atoms with E-state index in [1.54, 1.807) is 7.11 Å². The van der Waals surface area contributed by atoms with E-state index in [-0.39, 0.29) is 25.2 Å². The highest BCUT2D eigenvalue weighted by Gasteiger charge is 2.24. The molecule has 0 saturated heterocycles. The first-order valence-corrected chi connectivity index (χ1v) is 6.47. The molecule has 0 radical (unpaired) electrons. The van der Waals surface area contributed by atoms with Crippen LogP contribution in [0, 0.1) is 0 Å². The van der Waals surface area contributed by atoms with Gasteiger partial charge in [-0.25, -0.2) is 0 Å². The van der Waals surface area contributed by atoms with Gasteiger partial charge >= 0.3 is 5.97 Å². The Kier molecular flexibility index (Phi) is 4.68. The average molecular weight is 281 g/mol. The van der Waals surface area contributed by atoms with Crippen LogP contribution in [0.3, 0.4) is 0 Å². The summed E-state index contributed by atoms with van der Waals surface area (Å²) in [7, 11) is 2.95. The molecule has 2 rings (SSSR count). The van der Waals surface area contributed by atoms with Gasteiger partial charge in [0.05, 0.1) is 20.6 Å². The average Bonchev–Trinajstić information content (AvgIpc) is 2.93. The fourth-order valence-corrected chi connectivity index (χ4v) is 2.16. The van der Waals surface area contributed by atoms with E-state index >= 15 is 0 Å². The third-order valence-electron chi connectivity index (χ3n) is 3.13. The highest BCUT2D eigenvalue weighted by atomic mass is 16.7. The van der Waals surface area contributed by atoms with Crippen LogP contribution >= 0.6 is 0 Å². The molecule has 1 aliphatic heterocycles. The van der Waals surface area contributed by atoms with E-state index < -0.39 is 0 Å². The van der Waals surface area contributed by atoms with E-state index in [0.29, 0.717) is 17.2 Å². The molecule has 1 aromatic rings. The Bertz CT molecular complexity index is 489. The summed E-state index contributed by atoms with van der Waals surface area (Å²) in [6, 6.07) is 3.56. The Balaban J connectivity index is 2.30. The first-order chi connectivity index (χ1) is 9.69. The van der Waals surface area contributed by atoms with Crippen LogP contribution in [0.1, 0.15) is 24.9 Å². The molecule has 1 unspecified atom stereocenters. The van der Waals surface area contributed by atoms with Crippen LogP contribution in [0.2, 0.25) is 0 Å². The molecular formula is C14H19NO5. The fourth-order valence-electron chi connectivity index (χ4n) is 2.16. The minimum absolute atomic E-state index is 0.157. The Hall–Kier alpha value is -1.95. The molecule has 0 aromatic heterocycles. The first kappa shape index (κ1) is 14.5. The van der Waals surface area contributed by atoms with Crippen molar-refractivity contribution in [2.75, 3.05) is 27.6 Å². The SMILES string of the molecule is CCNC(CC(=O)OC)c1cc(OC)c2c(c1)OCO2. The van der Waals surface area contributed by atoms with Gasteiger partial charge in [0.25, 0.3) is 0 Å². The predicted octanol–water partition coefficient (Wildman–Crippen LogP) is 1.64. The van der Waals surface area contributed by atoms with Crippen LogP contribution in [-0.2, 0) is 9.53 Å². The zero-order chi connectivity index (χ0) is 14.5. The number of methoxy groups -OCH3 is 2. The van der Waals surface area contributed by atoms with E-state index in [9.17, 15) is 4.79 Å². The Labute approximate surface area is 118 Å². The second-order valence-electron chi connectivity index (χ2n) is 4.35. The van der Waals surface area contributed by atoms with E-state index in [1.807, 2.05) is 19.1 Å². The second-order valence-corrected chi connectivity index (χ2v) is 4.35. The van der Waals surface area contributed by atoms with Crippen molar-refractivity contribution in [2.24, 2.45) is 0 Å². The molecule has 0 aliphatic carbocycles. The van der Waals surface area contributed by atoms with Gasteiger partial charge in [0.15, 0.2) is 11.5 Å². The van der Waals surface area contributed by atoms with E-state index in [4.69, 9.17) is 18.9 Å². The topological polar surface area (TPSA) is 66.0 Å². The standard InChI is InChI=1S/C14H19NO5/c1-4-15-10(7-13(16)18-3)9-5-11(17-2)14-12(6-9)19-8-20-14/h5-6,10,15H,4,7-8H2,1-3H3. The van der Waals surface area contributed by atoms with Crippen molar-refractivity contribution in [1.29, 1.82) is 0 Å². The molecule has 1 atom stereocenters. The van der Waals surface area contributed by atoms with Crippen molar-refractivity contribution in [1.82, 2.24) is 5.32 Å². The zero-order valence-corrected chi connectivity index (χ0v) is 11.9. The molecule has 1 heterocycles. The zero-order valence-electron chi connectivity index (χ0n) is 11.9. The van der Waals surface area contributed by atoms with Crippen LogP contribution in [0.4, 0.5) is 0 Å². The van der Waals surface area contributed by atoms with Crippen molar-refractivity contribution >= 4 is 5.97 Å². The first-order valence-electron chi connectivity index (χ1n) is 6.47. The highest BCUT2D eigenvalue weighted by Crippen LogP contribution is 2.43. The minimum Gasteiger partial charge on any atom is -0.493 e. The minimum atomic E-state index is -0.271. The maximum absolute atomic E-state index is 11.5. The molecule has 0 bridgehead atoms. The van der Waals surface area contributed by atoms with Gasteiger partial charge in [0.1, 0.15) is 0 Å². The van der Waals surface area contributed by atoms with Gasteiger partial charge in [0, 0.05) is 6.04 Å². The lowest BCUT2D eigenvalue weighted by Crippen LogP contribution is -2.24. The lowest BCUT2D eigenvalue weighted by atomic mass is 10.0. The summed E-state index contributed by atoms with van der Waals surface area (Å²) in [6.45, 7) is 2.89. The van der Waals surface area contributed by atoms with Crippen molar-refractivity contribution in [3.8, 4) is 17.2 Å². The van der Waals surface area contributed by atoms with Crippen LogP contribution < -0.4 is 19.5 Å². The number of ether oxygens (including phenoxy) is 4. The number of benzene rings is 1. The summed E-state index contributed by atoms with van der Waals surface area (Å²) in [5.41, 5.74) is 0.901. The lowest BCUT2D eigenvalue weighted by molar-refractivity contribution is -0.141. The van der Waals surface area contributed by atoms with E-state index in [0.717, 1.165) is 12.1 Å². The van der Waals surface area contributed by atoms with E-state index in [2.05, 4.69) is 5.32 Å². The number of carbonyl (C=O) groups is 1. The molecule has 110 valence electrons. The number of hydrogen-bond acceptors (Lipinski definition) is 6. The number of rotatable bonds is 6. The quantitative estimate of drug-likeness (QED) is 0.800. The lowest BCUT2D eigenvalue weighted by Gasteiger charge is -2.18. The molecule has 1 aromatic carbocycles. The van der Waals surface area contributed by atoms with Gasteiger partial charge in [0.2, 0.25) is 12.5 Å². The van der Waals surface area contributed by atoms with Gasteiger partial charge < -0.3 is 24.3 Å². The third-order valence-corrected chi connectivity index (χ3v) is 3.13. The molecule has 1 N–H and O–H groups in total. The predicted molar refractivity (Wildman–Crippen MR) is 72.2 cm³/mol. The Morgan fingerprint density at radius 1 is 1.40 bits per heavy atom. The largest absolute Gasteiger partial charge is 0.493 e.